The van der Waals surface area contributed by atoms with E-state index in [9.17, 15) is 14.7 Å². The zero-order valence-corrected chi connectivity index (χ0v) is 20.6. The largest absolute Gasteiger partial charge is 0.484 e. The van der Waals surface area contributed by atoms with Crippen molar-refractivity contribution in [1.82, 2.24) is 4.90 Å². The van der Waals surface area contributed by atoms with Crippen LogP contribution in [0, 0.1) is 5.92 Å². The van der Waals surface area contributed by atoms with E-state index in [-0.39, 0.29) is 30.1 Å². The summed E-state index contributed by atoms with van der Waals surface area (Å²) in [5, 5.41) is 12.4. The molecule has 6 heteroatoms. The Kier molecular flexibility index (Phi) is 6.08. The minimum Gasteiger partial charge on any atom is -0.484 e. The van der Waals surface area contributed by atoms with E-state index in [1.807, 2.05) is 35.2 Å². The fraction of sp³-hybridized carbons (Fsp3) is 0.467. The van der Waals surface area contributed by atoms with Crippen molar-refractivity contribution in [3.05, 3.63) is 75.6 Å². The van der Waals surface area contributed by atoms with Crippen LogP contribution in [-0.4, -0.2) is 34.7 Å². The summed E-state index contributed by atoms with van der Waals surface area (Å²) in [7, 11) is 0. The lowest BCUT2D eigenvalue weighted by Gasteiger charge is -2.52. The Balaban J connectivity index is 1.23. The first-order chi connectivity index (χ1) is 17.5. The molecule has 1 amide bonds. The number of aryl methyl sites for hydroxylation is 1. The summed E-state index contributed by atoms with van der Waals surface area (Å²) >= 11 is 0. The first kappa shape index (κ1) is 23.3. The number of carbonyl (C=O) groups is 1. The van der Waals surface area contributed by atoms with Gasteiger partial charge in [0.2, 0.25) is 0 Å². The van der Waals surface area contributed by atoms with Gasteiger partial charge in [-0.15, -0.1) is 0 Å². The smallest absolute Gasteiger partial charge is 0.339 e. The van der Waals surface area contributed by atoms with Crippen LogP contribution in [0.15, 0.2) is 57.7 Å². The highest BCUT2D eigenvalue weighted by atomic mass is 16.5. The minimum absolute atomic E-state index is 0.0208. The highest BCUT2D eigenvalue weighted by Crippen LogP contribution is 2.49. The number of piperidine rings is 1. The molecule has 2 aromatic carbocycles. The number of rotatable bonds is 4. The van der Waals surface area contributed by atoms with Gasteiger partial charge in [0.1, 0.15) is 11.3 Å². The zero-order chi connectivity index (χ0) is 24.7. The molecule has 2 heterocycles. The summed E-state index contributed by atoms with van der Waals surface area (Å²) in [6.45, 7) is 0.405. The first-order valence-electron chi connectivity index (χ1n) is 13.3. The Hall–Kier alpha value is -3.12. The van der Waals surface area contributed by atoms with E-state index in [1.165, 1.54) is 0 Å². The molecule has 1 saturated heterocycles. The second-order valence-corrected chi connectivity index (χ2v) is 10.6. The van der Waals surface area contributed by atoms with Gasteiger partial charge in [-0.3, -0.25) is 4.79 Å². The number of aliphatic hydroxyl groups is 1. The fourth-order valence-electron chi connectivity index (χ4n) is 6.77. The van der Waals surface area contributed by atoms with E-state index in [4.69, 9.17) is 9.15 Å². The van der Waals surface area contributed by atoms with Crippen LogP contribution in [0.1, 0.15) is 67.7 Å². The summed E-state index contributed by atoms with van der Waals surface area (Å²) in [5.74, 6) is 0.438. The highest BCUT2D eigenvalue weighted by molar-refractivity contribution is 5.83. The predicted molar refractivity (Wildman–Crippen MR) is 137 cm³/mol. The molecule has 188 valence electrons. The Bertz CT molecular complexity index is 1330. The van der Waals surface area contributed by atoms with Gasteiger partial charge < -0.3 is 19.2 Å². The van der Waals surface area contributed by atoms with Gasteiger partial charge in [0, 0.05) is 29.5 Å². The molecule has 6 nitrogen and oxygen atoms in total. The number of fused-ring (bicyclic) bond motifs is 4. The maximum absolute atomic E-state index is 13.5. The van der Waals surface area contributed by atoms with Crippen LogP contribution >= 0.6 is 0 Å². The molecule has 0 bridgehead atoms. The average Bonchev–Trinajstić information content (AvgIpc) is 2.91. The highest BCUT2D eigenvalue weighted by Gasteiger charge is 2.50. The topological polar surface area (TPSA) is 80.0 Å². The third-order valence-electron chi connectivity index (χ3n) is 8.59. The molecule has 6 rings (SSSR count). The van der Waals surface area contributed by atoms with Crippen LogP contribution < -0.4 is 10.4 Å². The number of hydrogen-bond acceptors (Lipinski definition) is 5. The Labute approximate surface area is 210 Å². The van der Waals surface area contributed by atoms with Crippen molar-refractivity contribution in [2.45, 2.75) is 69.4 Å². The van der Waals surface area contributed by atoms with Crippen LogP contribution in [0.4, 0.5) is 0 Å². The number of amides is 1. The van der Waals surface area contributed by atoms with Gasteiger partial charge in [-0.25, -0.2) is 4.79 Å². The standard InChI is InChI=1S/C30H33NO5/c32-27(19-35-21-13-14-23-22-10-4-5-11-24(22)29(33)36-26(23)18-21)31-17-16-30(34)15-7-6-12-25(30)28(31)20-8-2-1-3-9-20/h1-3,8-9,13-14,18,25,28,34H,4-7,10-12,15-17,19H2/t25-,28+,30+/m0/s1. The van der Waals surface area contributed by atoms with Crippen molar-refractivity contribution in [2.75, 3.05) is 13.2 Å². The predicted octanol–water partition coefficient (Wildman–Crippen LogP) is 4.95. The van der Waals surface area contributed by atoms with Crippen molar-refractivity contribution >= 4 is 16.9 Å². The third kappa shape index (κ3) is 4.11. The van der Waals surface area contributed by atoms with E-state index in [0.29, 0.717) is 24.3 Å². The Morgan fingerprint density at radius 3 is 2.67 bits per heavy atom. The second kappa shape index (κ2) is 9.40. The monoisotopic (exact) mass is 487 g/mol. The number of likely N-dealkylation sites (tertiary alicyclic amines) is 1. The van der Waals surface area contributed by atoms with Crippen LogP contribution in [0.2, 0.25) is 0 Å². The molecule has 2 fully saturated rings. The molecule has 1 saturated carbocycles. The Morgan fingerprint density at radius 1 is 1.03 bits per heavy atom. The molecular weight excluding hydrogens is 454 g/mol. The molecular formula is C30H33NO5. The van der Waals surface area contributed by atoms with Gasteiger partial charge in [-0.1, -0.05) is 43.2 Å². The molecule has 1 N–H and O–H groups in total. The van der Waals surface area contributed by atoms with Gasteiger partial charge in [-0.2, -0.15) is 0 Å². The molecule has 3 atom stereocenters. The minimum atomic E-state index is -0.717. The molecule has 0 radical (unpaired) electrons. The molecule has 0 unspecified atom stereocenters. The van der Waals surface area contributed by atoms with E-state index in [1.54, 1.807) is 6.07 Å². The summed E-state index contributed by atoms with van der Waals surface area (Å²) in [6.07, 6.45) is 8.17. The number of nitrogens with zero attached hydrogens (tertiary/aromatic N) is 1. The van der Waals surface area contributed by atoms with Gasteiger partial charge in [0.15, 0.2) is 6.61 Å². The number of ether oxygens (including phenoxy) is 1. The quantitative estimate of drug-likeness (QED) is 0.527. The summed E-state index contributed by atoms with van der Waals surface area (Å²) < 4.78 is 11.6. The summed E-state index contributed by atoms with van der Waals surface area (Å²) in [6, 6.07) is 15.4. The first-order valence-corrected chi connectivity index (χ1v) is 13.3. The van der Waals surface area contributed by atoms with Crippen LogP contribution in [0.25, 0.3) is 11.0 Å². The normalized spacial score (nSPS) is 25.8. The van der Waals surface area contributed by atoms with Crippen LogP contribution in [-0.2, 0) is 17.6 Å². The van der Waals surface area contributed by atoms with Crippen molar-refractivity contribution < 1.29 is 19.1 Å². The molecule has 3 aromatic rings. The number of hydrogen-bond donors (Lipinski definition) is 1. The molecule has 0 spiro atoms. The maximum Gasteiger partial charge on any atom is 0.339 e. The average molecular weight is 488 g/mol. The summed E-state index contributed by atoms with van der Waals surface area (Å²) in [4.78, 5) is 27.9. The van der Waals surface area contributed by atoms with Crippen molar-refractivity contribution in [3.8, 4) is 5.75 Å². The number of carbonyl (C=O) groups excluding carboxylic acids is 1. The fourth-order valence-corrected chi connectivity index (χ4v) is 6.77. The van der Waals surface area contributed by atoms with Gasteiger partial charge in [0.05, 0.1) is 11.6 Å². The van der Waals surface area contributed by atoms with Crippen molar-refractivity contribution in [1.29, 1.82) is 0 Å². The number of benzene rings is 2. The second-order valence-electron chi connectivity index (χ2n) is 10.6. The van der Waals surface area contributed by atoms with Gasteiger partial charge in [-0.05, 0) is 68.2 Å². The Morgan fingerprint density at radius 2 is 1.83 bits per heavy atom. The van der Waals surface area contributed by atoms with E-state index in [2.05, 4.69) is 12.1 Å². The van der Waals surface area contributed by atoms with Crippen LogP contribution in [0.5, 0.6) is 5.75 Å². The maximum atomic E-state index is 13.5. The SMILES string of the molecule is O=C(COc1ccc2c3c(c(=O)oc2c1)CCCC3)N1CC[C@]2(O)CCCC[C@H]2[C@H]1c1ccccc1. The van der Waals surface area contributed by atoms with Crippen molar-refractivity contribution in [3.63, 3.8) is 0 Å². The van der Waals surface area contributed by atoms with E-state index < -0.39 is 5.60 Å². The summed E-state index contributed by atoms with van der Waals surface area (Å²) in [5.41, 5.74) is 2.49. The zero-order valence-electron chi connectivity index (χ0n) is 20.6. The molecule has 1 aliphatic heterocycles. The lowest BCUT2D eigenvalue weighted by molar-refractivity contribution is -0.157. The molecule has 3 aliphatic rings. The van der Waals surface area contributed by atoms with E-state index in [0.717, 1.165) is 73.4 Å². The lowest BCUT2D eigenvalue weighted by Crippen LogP contribution is -2.56. The van der Waals surface area contributed by atoms with Gasteiger partial charge in [0.25, 0.3) is 5.91 Å². The molecule has 36 heavy (non-hydrogen) atoms. The van der Waals surface area contributed by atoms with Crippen LogP contribution in [0.3, 0.4) is 0 Å². The third-order valence-corrected chi connectivity index (χ3v) is 8.59. The lowest BCUT2D eigenvalue weighted by atomic mass is 9.66. The molecule has 2 aliphatic carbocycles. The van der Waals surface area contributed by atoms with Crippen molar-refractivity contribution in [2.24, 2.45) is 5.92 Å². The van der Waals surface area contributed by atoms with E-state index >= 15 is 0 Å². The van der Waals surface area contributed by atoms with Gasteiger partial charge >= 0.3 is 5.63 Å². The molecule has 1 aromatic heterocycles.